The van der Waals surface area contributed by atoms with Crippen LogP contribution in [0.3, 0.4) is 0 Å². The summed E-state index contributed by atoms with van der Waals surface area (Å²) in [4.78, 5) is 18.2. The van der Waals surface area contributed by atoms with Crippen LogP contribution < -0.4 is 10.6 Å². The fourth-order valence-electron chi connectivity index (χ4n) is 2.79. The van der Waals surface area contributed by atoms with E-state index in [-0.39, 0.29) is 36.0 Å². The van der Waals surface area contributed by atoms with Crippen molar-refractivity contribution in [2.24, 2.45) is 10.9 Å². The van der Waals surface area contributed by atoms with Crippen LogP contribution in [-0.4, -0.2) is 62.7 Å². The first-order valence-corrected chi connectivity index (χ1v) is 8.92. The summed E-state index contributed by atoms with van der Waals surface area (Å²) < 4.78 is 5.74. The van der Waals surface area contributed by atoms with Crippen LogP contribution in [0.5, 0.6) is 0 Å². The molecule has 0 aromatic rings. The molecule has 24 heavy (non-hydrogen) atoms. The molecule has 0 aliphatic carbocycles. The molecule has 0 spiro atoms. The van der Waals surface area contributed by atoms with Gasteiger partial charge in [0, 0.05) is 33.3 Å². The third-order valence-electron chi connectivity index (χ3n) is 4.19. The van der Waals surface area contributed by atoms with Gasteiger partial charge in [-0.25, -0.2) is 0 Å². The van der Waals surface area contributed by atoms with Crippen LogP contribution in [0.2, 0.25) is 0 Å². The highest BCUT2D eigenvalue weighted by atomic mass is 127. The number of aliphatic imine (C=N–C) groups is 1. The Balaban J connectivity index is 0.00000529. The number of amides is 1. The summed E-state index contributed by atoms with van der Waals surface area (Å²) in [7, 11) is 1.73. The zero-order valence-electron chi connectivity index (χ0n) is 15.6. The van der Waals surface area contributed by atoms with E-state index in [1.54, 1.807) is 7.05 Å². The molecule has 1 rings (SSSR count). The molecule has 0 aromatic heterocycles. The lowest BCUT2D eigenvalue weighted by Gasteiger charge is -2.27. The molecular weight excluding hydrogens is 419 g/mol. The second-order valence-corrected chi connectivity index (χ2v) is 6.32. The van der Waals surface area contributed by atoms with E-state index in [9.17, 15) is 4.79 Å². The van der Waals surface area contributed by atoms with Crippen LogP contribution in [0.4, 0.5) is 0 Å². The van der Waals surface area contributed by atoms with Crippen molar-refractivity contribution in [1.29, 1.82) is 0 Å². The summed E-state index contributed by atoms with van der Waals surface area (Å²) in [5.41, 5.74) is 0. The number of likely N-dealkylation sites (tertiary alicyclic amines) is 1. The van der Waals surface area contributed by atoms with Crippen molar-refractivity contribution in [3.05, 3.63) is 0 Å². The molecule has 1 aliphatic rings. The highest BCUT2D eigenvalue weighted by Gasteiger charge is 2.17. The topological polar surface area (TPSA) is 66.0 Å². The van der Waals surface area contributed by atoms with Crippen molar-refractivity contribution in [1.82, 2.24) is 15.5 Å². The number of guanidine groups is 1. The molecule has 142 valence electrons. The molecular formula is C17H35IN4O2. The second-order valence-electron chi connectivity index (χ2n) is 6.32. The van der Waals surface area contributed by atoms with E-state index < -0.39 is 0 Å². The number of nitrogens with one attached hydrogen (secondary N) is 2. The predicted molar refractivity (Wildman–Crippen MR) is 110 cm³/mol. The number of halogens is 1. The third-order valence-corrected chi connectivity index (χ3v) is 4.19. The molecule has 1 saturated heterocycles. The minimum absolute atomic E-state index is 0. The van der Waals surface area contributed by atoms with Crippen LogP contribution in [0.15, 0.2) is 4.99 Å². The fourth-order valence-corrected chi connectivity index (χ4v) is 2.79. The monoisotopic (exact) mass is 454 g/mol. The summed E-state index contributed by atoms with van der Waals surface area (Å²) in [5, 5.41) is 6.37. The van der Waals surface area contributed by atoms with Gasteiger partial charge < -0.3 is 20.3 Å². The Labute approximate surface area is 164 Å². The molecule has 1 atom stereocenters. The number of nitrogens with zero attached hydrogens (tertiary/aromatic N) is 2. The summed E-state index contributed by atoms with van der Waals surface area (Å²) >= 11 is 0. The average molecular weight is 454 g/mol. The highest BCUT2D eigenvalue weighted by Crippen LogP contribution is 2.10. The predicted octanol–water partition coefficient (Wildman–Crippen LogP) is 2.23. The highest BCUT2D eigenvalue weighted by molar-refractivity contribution is 14.0. The van der Waals surface area contributed by atoms with Crippen molar-refractivity contribution in [2.75, 3.05) is 39.8 Å². The van der Waals surface area contributed by atoms with Gasteiger partial charge in [-0.3, -0.25) is 9.79 Å². The average Bonchev–Trinajstić information content (AvgIpc) is 2.57. The maximum absolute atomic E-state index is 12.1. The van der Waals surface area contributed by atoms with Gasteiger partial charge in [-0.15, -0.1) is 24.0 Å². The number of ether oxygens (including phenoxy) is 1. The SMILES string of the molecule is CCOC(CCNC(=NC)NCC(=O)N1CCCCC1)C(C)C.I. The van der Waals surface area contributed by atoms with Gasteiger partial charge in [0.05, 0.1) is 12.6 Å². The van der Waals surface area contributed by atoms with Gasteiger partial charge in [-0.05, 0) is 38.5 Å². The van der Waals surface area contributed by atoms with Gasteiger partial charge in [-0.2, -0.15) is 0 Å². The van der Waals surface area contributed by atoms with Gasteiger partial charge in [0.2, 0.25) is 5.91 Å². The first-order chi connectivity index (χ1) is 11.1. The van der Waals surface area contributed by atoms with Gasteiger partial charge in [0.1, 0.15) is 0 Å². The van der Waals surface area contributed by atoms with E-state index in [4.69, 9.17) is 4.74 Å². The summed E-state index contributed by atoms with van der Waals surface area (Å²) in [6.07, 6.45) is 4.64. The molecule has 0 saturated carbocycles. The van der Waals surface area contributed by atoms with Crippen LogP contribution >= 0.6 is 24.0 Å². The first kappa shape index (κ1) is 23.4. The molecule has 0 radical (unpaired) electrons. The van der Waals surface area contributed by atoms with E-state index in [1.807, 2.05) is 11.8 Å². The maximum atomic E-state index is 12.1. The largest absolute Gasteiger partial charge is 0.378 e. The van der Waals surface area contributed by atoms with Crippen molar-refractivity contribution >= 4 is 35.8 Å². The Kier molecular flexibility index (Phi) is 13.4. The van der Waals surface area contributed by atoms with Crippen molar-refractivity contribution < 1.29 is 9.53 Å². The lowest BCUT2D eigenvalue weighted by atomic mass is 10.0. The number of carbonyl (C=O) groups excluding carboxylic acids is 1. The van der Waals surface area contributed by atoms with E-state index in [0.29, 0.717) is 18.4 Å². The van der Waals surface area contributed by atoms with E-state index in [0.717, 1.165) is 45.5 Å². The number of hydrogen-bond donors (Lipinski definition) is 2. The Hall–Kier alpha value is -0.570. The second kappa shape index (κ2) is 13.7. The summed E-state index contributed by atoms with van der Waals surface area (Å²) in [6.45, 7) is 9.96. The Bertz CT molecular complexity index is 372. The van der Waals surface area contributed by atoms with Crippen molar-refractivity contribution in [3.63, 3.8) is 0 Å². The van der Waals surface area contributed by atoms with Gasteiger partial charge in [0.15, 0.2) is 5.96 Å². The van der Waals surface area contributed by atoms with Crippen molar-refractivity contribution in [3.8, 4) is 0 Å². The zero-order chi connectivity index (χ0) is 17.1. The first-order valence-electron chi connectivity index (χ1n) is 8.92. The minimum atomic E-state index is 0. The number of rotatable bonds is 8. The van der Waals surface area contributed by atoms with Gasteiger partial charge in [0.25, 0.3) is 0 Å². The number of piperidine rings is 1. The molecule has 1 unspecified atom stereocenters. The van der Waals surface area contributed by atoms with Crippen LogP contribution in [0.1, 0.15) is 46.5 Å². The lowest BCUT2D eigenvalue weighted by molar-refractivity contribution is -0.130. The Morgan fingerprint density at radius 1 is 1.21 bits per heavy atom. The van der Waals surface area contributed by atoms with E-state index in [2.05, 4.69) is 29.5 Å². The standard InChI is InChI=1S/C17H34N4O2.HI/c1-5-23-15(14(2)3)9-10-19-17(18-4)20-13-16(22)21-11-7-6-8-12-21;/h14-15H,5-13H2,1-4H3,(H2,18,19,20);1H. The van der Waals surface area contributed by atoms with Crippen LogP contribution in [-0.2, 0) is 9.53 Å². The molecule has 2 N–H and O–H groups in total. The molecule has 0 bridgehead atoms. The molecule has 0 aromatic carbocycles. The quantitative estimate of drug-likeness (QED) is 0.336. The zero-order valence-corrected chi connectivity index (χ0v) is 18.0. The van der Waals surface area contributed by atoms with E-state index >= 15 is 0 Å². The van der Waals surface area contributed by atoms with Crippen LogP contribution in [0.25, 0.3) is 0 Å². The Morgan fingerprint density at radius 3 is 2.42 bits per heavy atom. The normalized spacial score (nSPS) is 16.5. The smallest absolute Gasteiger partial charge is 0.241 e. The van der Waals surface area contributed by atoms with Gasteiger partial charge >= 0.3 is 0 Å². The maximum Gasteiger partial charge on any atom is 0.241 e. The fraction of sp³-hybridized carbons (Fsp3) is 0.882. The number of hydrogen-bond acceptors (Lipinski definition) is 3. The lowest BCUT2D eigenvalue weighted by Crippen LogP contribution is -2.46. The molecule has 1 aliphatic heterocycles. The van der Waals surface area contributed by atoms with Gasteiger partial charge in [-0.1, -0.05) is 13.8 Å². The Morgan fingerprint density at radius 2 is 1.88 bits per heavy atom. The molecule has 1 heterocycles. The van der Waals surface area contributed by atoms with Crippen LogP contribution in [0, 0.1) is 5.92 Å². The molecule has 1 amide bonds. The van der Waals surface area contributed by atoms with E-state index in [1.165, 1.54) is 6.42 Å². The molecule has 6 nitrogen and oxygen atoms in total. The summed E-state index contributed by atoms with van der Waals surface area (Å²) in [5.74, 6) is 1.32. The molecule has 7 heteroatoms. The molecule has 1 fully saturated rings. The van der Waals surface area contributed by atoms with Crippen molar-refractivity contribution in [2.45, 2.75) is 52.6 Å². The number of carbonyl (C=O) groups is 1. The summed E-state index contributed by atoms with van der Waals surface area (Å²) in [6, 6.07) is 0. The third kappa shape index (κ3) is 9.05. The minimum Gasteiger partial charge on any atom is -0.378 e.